The Morgan fingerprint density at radius 2 is 1.80 bits per heavy atom. The SMILES string of the molecule is O=C(O)CCOC1CCN(C(=O)CCC(F)(F)F)CC1. The summed E-state index contributed by atoms with van der Waals surface area (Å²) < 4.78 is 41.4. The molecule has 1 N–H and O–H groups in total. The molecule has 0 radical (unpaired) electrons. The Balaban J connectivity index is 2.21. The first-order valence-electron chi connectivity index (χ1n) is 6.46. The minimum atomic E-state index is -4.31. The smallest absolute Gasteiger partial charge is 0.389 e. The third-order valence-corrected chi connectivity index (χ3v) is 3.09. The van der Waals surface area contributed by atoms with Gasteiger partial charge in [-0.15, -0.1) is 0 Å². The number of carbonyl (C=O) groups excluding carboxylic acids is 1. The van der Waals surface area contributed by atoms with Crippen LogP contribution in [0.2, 0.25) is 0 Å². The molecule has 116 valence electrons. The van der Waals surface area contributed by atoms with Gasteiger partial charge >= 0.3 is 12.1 Å². The highest BCUT2D eigenvalue weighted by atomic mass is 19.4. The molecule has 1 amide bonds. The Morgan fingerprint density at radius 3 is 2.30 bits per heavy atom. The molecular formula is C12H18F3NO4. The van der Waals surface area contributed by atoms with Crippen molar-refractivity contribution in [3.63, 3.8) is 0 Å². The van der Waals surface area contributed by atoms with Crippen LogP contribution in [0.3, 0.4) is 0 Å². The largest absolute Gasteiger partial charge is 0.481 e. The lowest BCUT2D eigenvalue weighted by Gasteiger charge is -2.32. The van der Waals surface area contributed by atoms with E-state index in [1.54, 1.807) is 0 Å². The number of hydrogen-bond donors (Lipinski definition) is 1. The van der Waals surface area contributed by atoms with Crippen molar-refractivity contribution in [3.05, 3.63) is 0 Å². The average molecular weight is 297 g/mol. The van der Waals surface area contributed by atoms with Gasteiger partial charge in [0.05, 0.1) is 25.6 Å². The summed E-state index contributed by atoms with van der Waals surface area (Å²) in [6, 6.07) is 0. The van der Waals surface area contributed by atoms with Crippen molar-refractivity contribution in [2.75, 3.05) is 19.7 Å². The number of rotatable bonds is 6. The monoisotopic (exact) mass is 297 g/mol. The van der Waals surface area contributed by atoms with Crippen molar-refractivity contribution in [2.24, 2.45) is 0 Å². The van der Waals surface area contributed by atoms with Crippen LogP contribution in [0.4, 0.5) is 13.2 Å². The van der Waals surface area contributed by atoms with Crippen molar-refractivity contribution in [3.8, 4) is 0 Å². The van der Waals surface area contributed by atoms with E-state index >= 15 is 0 Å². The molecule has 0 aliphatic carbocycles. The fourth-order valence-corrected chi connectivity index (χ4v) is 1.99. The van der Waals surface area contributed by atoms with Crippen LogP contribution in [-0.2, 0) is 14.3 Å². The van der Waals surface area contributed by atoms with Gasteiger partial charge in [-0.25, -0.2) is 0 Å². The van der Waals surface area contributed by atoms with Crippen LogP contribution >= 0.6 is 0 Å². The quantitative estimate of drug-likeness (QED) is 0.812. The fraction of sp³-hybridized carbons (Fsp3) is 0.833. The van der Waals surface area contributed by atoms with E-state index in [1.807, 2.05) is 0 Å². The summed E-state index contributed by atoms with van der Waals surface area (Å²) in [5.74, 6) is -1.43. The lowest BCUT2D eigenvalue weighted by atomic mass is 10.1. The molecule has 0 bridgehead atoms. The van der Waals surface area contributed by atoms with Gasteiger partial charge in [0.25, 0.3) is 0 Å². The highest BCUT2D eigenvalue weighted by molar-refractivity contribution is 5.76. The van der Waals surface area contributed by atoms with Gasteiger partial charge in [-0.2, -0.15) is 13.2 Å². The Hall–Kier alpha value is -1.31. The molecule has 0 aromatic rings. The van der Waals surface area contributed by atoms with Gasteiger partial charge in [-0.3, -0.25) is 9.59 Å². The number of carboxylic acid groups (broad SMARTS) is 1. The van der Waals surface area contributed by atoms with E-state index in [-0.39, 0.29) is 19.1 Å². The van der Waals surface area contributed by atoms with E-state index in [2.05, 4.69) is 0 Å². The van der Waals surface area contributed by atoms with Crippen LogP contribution in [0.25, 0.3) is 0 Å². The molecule has 20 heavy (non-hydrogen) atoms. The minimum Gasteiger partial charge on any atom is -0.481 e. The van der Waals surface area contributed by atoms with E-state index < -0.39 is 30.9 Å². The summed E-state index contributed by atoms with van der Waals surface area (Å²) in [7, 11) is 0. The second-order valence-electron chi connectivity index (χ2n) is 4.71. The maximum Gasteiger partial charge on any atom is 0.389 e. The minimum absolute atomic E-state index is 0.0786. The number of ether oxygens (including phenoxy) is 1. The summed E-state index contributed by atoms with van der Waals surface area (Å²) in [6.07, 6.45) is -5.08. The first-order chi connectivity index (χ1) is 9.28. The number of aliphatic carboxylic acids is 1. The van der Waals surface area contributed by atoms with Crippen LogP contribution < -0.4 is 0 Å². The second-order valence-corrected chi connectivity index (χ2v) is 4.71. The summed E-state index contributed by atoms with van der Waals surface area (Å²) in [5.41, 5.74) is 0. The zero-order chi connectivity index (χ0) is 15.2. The van der Waals surface area contributed by atoms with E-state index in [1.165, 1.54) is 4.90 Å². The van der Waals surface area contributed by atoms with Gasteiger partial charge in [0.1, 0.15) is 0 Å². The van der Waals surface area contributed by atoms with E-state index in [4.69, 9.17) is 9.84 Å². The molecule has 1 saturated heterocycles. The first kappa shape index (κ1) is 16.7. The average Bonchev–Trinajstić information content (AvgIpc) is 2.35. The Kier molecular flexibility index (Phi) is 6.25. The first-order valence-corrected chi connectivity index (χ1v) is 6.46. The van der Waals surface area contributed by atoms with Crippen LogP contribution in [-0.4, -0.2) is 53.9 Å². The summed E-state index contributed by atoms with van der Waals surface area (Å²) in [5, 5.41) is 8.46. The molecule has 0 spiro atoms. The number of amides is 1. The molecule has 5 nitrogen and oxygen atoms in total. The lowest BCUT2D eigenvalue weighted by molar-refractivity contribution is -0.150. The molecule has 0 aromatic heterocycles. The number of nitrogens with zero attached hydrogens (tertiary/aromatic N) is 1. The predicted molar refractivity (Wildman–Crippen MR) is 63.1 cm³/mol. The van der Waals surface area contributed by atoms with Crippen molar-refractivity contribution in [1.82, 2.24) is 4.90 Å². The van der Waals surface area contributed by atoms with Crippen LogP contribution in [0, 0.1) is 0 Å². The molecule has 0 atom stereocenters. The van der Waals surface area contributed by atoms with Gasteiger partial charge < -0.3 is 14.7 Å². The Morgan fingerprint density at radius 1 is 1.20 bits per heavy atom. The Bertz CT molecular complexity index is 338. The molecule has 0 saturated carbocycles. The van der Waals surface area contributed by atoms with Gasteiger partial charge in [0.2, 0.25) is 5.91 Å². The third kappa shape index (κ3) is 6.74. The lowest BCUT2D eigenvalue weighted by Crippen LogP contribution is -2.41. The summed E-state index contributed by atoms with van der Waals surface area (Å²) in [4.78, 5) is 23.3. The van der Waals surface area contributed by atoms with Crippen LogP contribution in [0.15, 0.2) is 0 Å². The molecule has 1 aliphatic heterocycles. The normalized spacial score (nSPS) is 17.2. The van der Waals surface area contributed by atoms with Crippen LogP contribution in [0.5, 0.6) is 0 Å². The summed E-state index contributed by atoms with van der Waals surface area (Å²) >= 11 is 0. The van der Waals surface area contributed by atoms with Gasteiger partial charge in [-0.05, 0) is 12.8 Å². The number of carboxylic acids is 1. The highest BCUT2D eigenvalue weighted by Crippen LogP contribution is 2.23. The van der Waals surface area contributed by atoms with Crippen molar-refractivity contribution in [2.45, 2.75) is 44.4 Å². The maximum atomic E-state index is 12.0. The fourth-order valence-electron chi connectivity index (χ4n) is 1.99. The van der Waals surface area contributed by atoms with E-state index in [0.717, 1.165) is 0 Å². The van der Waals surface area contributed by atoms with Crippen molar-refractivity contribution >= 4 is 11.9 Å². The molecule has 1 rings (SSSR count). The molecular weight excluding hydrogens is 279 g/mol. The Labute approximate surface area is 114 Å². The second kappa shape index (κ2) is 7.47. The zero-order valence-corrected chi connectivity index (χ0v) is 11.0. The molecule has 1 aliphatic rings. The zero-order valence-electron chi connectivity index (χ0n) is 11.0. The van der Waals surface area contributed by atoms with Gasteiger partial charge in [-0.1, -0.05) is 0 Å². The number of carbonyl (C=O) groups is 2. The standard InChI is InChI=1S/C12H18F3NO4/c13-12(14,15)5-1-10(17)16-6-2-9(3-7-16)20-8-4-11(18)19/h9H,1-8H2,(H,18,19). The van der Waals surface area contributed by atoms with E-state index in [9.17, 15) is 22.8 Å². The third-order valence-electron chi connectivity index (χ3n) is 3.09. The van der Waals surface area contributed by atoms with Crippen molar-refractivity contribution < 1.29 is 32.6 Å². The number of alkyl halides is 3. The number of halogens is 3. The number of hydrogen-bond acceptors (Lipinski definition) is 3. The number of likely N-dealkylation sites (tertiary alicyclic amines) is 1. The molecule has 0 aromatic carbocycles. The molecule has 1 fully saturated rings. The number of piperidine rings is 1. The topological polar surface area (TPSA) is 66.8 Å². The molecule has 1 heterocycles. The van der Waals surface area contributed by atoms with Crippen LogP contribution in [0.1, 0.15) is 32.1 Å². The molecule has 0 unspecified atom stereocenters. The maximum absolute atomic E-state index is 12.0. The highest BCUT2D eigenvalue weighted by Gasteiger charge is 2.30. The van der Waals surface area contributed by atoms with Gasteiger partial charge in [0.15, 0.2) is 0 Å². The van der Waals surface area contributed by atoms with Gasteiger partial charge in [0, 0.05) is 19.5 Å². The van der Waals surface area contributed by atoms with Crippen molar-refractivity contribution in [1.29, 1.82) is 0 Å². The van der Waals surface area contributed by atoms with E-state index in [0.29, 0.717) is 25.9 Å². The molecule has 8 heteroatoms. The summed E-state index contributed by atoms with van der Waals surface area (Å²) in [6.45, 7) is 0.824. The predicted octanol–water partition coefficient (Wildman–Crippen LogP) is 1.81.